The van der Waals surface area contributed by atoms with Gasteiger partial charge in [0.2, 0.25) is 11.8 Å². The van der Waals surface area contributed by atoms with Gasteiger partial charge in [-0.2, -0.15) is 0 Å². The third-order valence-electron chi connectivity index (χ3n) is 2.86. The lowest BCUT2D eigenvalue weighted by molar-refractivity contribution is -0.131. The molecule has 19 heavy (non-hydrogen) atoms. The monoisotopic (exact) mass is 322 g/mol. The van der Waals surface area contributed by atoms with Gasteiger partial charge in [-0.25, -0.2) is 0 Å². The molecule has 0 aromatic heterocycles. The van der Waals surface area contributed by atoms with Crippen molar-refractivity contribution in [3.63, 3.8) is 0 Å². The molecule has 0 atom stereocenters. The maximum Gasteiger partial charge on any atom is 0.247 e. The van der Waals surface area contributed by atoms with Crippen molar-refractivity contribution in [2.24, 2.45) is 0 Å². The topological polar surface area (TPSA) is 49.4 Å². The molecule has 0 spiro atoms. The quantitative estimate of drug-likeness (QED) is 0.844. The highest BCUT2D eigenvalue weighted by Gasteiger charge is 2.17. The first-order valence-electron chi connectivity index (χ1n) is 6.14. The molecule has 4 nitrogen and oxygen atoms in total. The van der Waals surface area contributed by atoms with Gasteiger partial charge in [-0.15, -0.1) is 0 Å². The van der Waals surface area contributed by atoms with E-state index in [-0.39, 0.29) is 18.4 Å². The molecule has 2 amide bonds. The lowest BCUT2D eigenvalue weighted by Crippen LogP contribution is -2.36. The summed E-state index contributed by atoms with van der Waals surface area (Å²) in [5, 5.41) is 2.75. The van der Waals surface area contributed by atoms with Gasteiger partial charge >= 0.3 is 0 Å². The standard InChI is InChI=1S/C14H15BrN2O2/c15-12-5-2-11(3-6-12)4-7-14(19)17-9-1-8-16-13(18)10-17/h2-7H,1,8-10H2,(H,16,18). The van der Waals surface area contributed by atoms with Crippen molar-refractivity contribution in [3.8, 4) is 0 Å². The summed E-state index contributed by atoms with van der Waals surface area (Å²) in [5.74, 6) is -0.220. The van der Waals surface area contributed by atoms with E-state index in [9.17, 15) is 9.59 Å². The molecule has 1 aliphatic heterocycles. The lowest BCUT2D eigenvalue weighted by Gasteiger charge is -2.16. The summed E-state index contributed by atoms with van der Waals surface area (Å²) in [7, 11) is 0. The summed E-state index contributed by atoms with van der Waals surface area (Å²) < 4.78 is 1.00. The number of benzene rings is 1. The first-order chi connectivity index (χ1) is 9.15. The minimum Gasteiger partial charge on any atom is -0.354 e. The zero-order valence-corrected chi connectivity index (χ0v) is 12.0. The first-order valence-corrected chi connectivity index (χ1v) is 6.94. The summed E-state index contributed by atoms with van der Waals surface area (Å²) in [6.07, 6.45) is 4.07. The van der Waals surface area contributed by atoms with E-state index in [1.807, 2.05) is 24.3 Å². The summed E-state index contributed by atoms with van der Waals surface area (Å²) in [6, 6.07) is 7.68. The summed E-state index contributed by atoms with van der Waals surface area (Å²) in [4.78, 5) is 24.9. The molecule has 1 N–H and O–H groups in total. The second-order valence-electron chi connectivity index (χ2n) is 4.35. The SMILES string of the molecule is O=C1CN(C(=O)C=Cc2ccc(Br)cc2)CCCN1. The summed E-state index contributed by atoms with van der Waals surface area (Å²) >= 11 is 3.36. The van der Waals surface area contributed by atoms with Gasteiger partial charge < -0.3 is 10.2 Å². The molecule has 2 rings (SSSR count). The Bertz CT molecular complexity index is 497. The van der Waals surface area contributed by atoms with Gasteiger partial charge in [-0.1, -0.05) is 28.1 Å². The van der Waals surface area contributed by atoms with E-state index in [0.717, 1.165) is 16.5 Å². The number of hydrogen-bond donors (Lipinski definition) is 1. The van der Waals surface area contributed by atoms with Gasteiger partial charge in [-0.05, 0) is 30.2 Å². The average Bonchev–Trinajstić information content (AvgIpc) is 2.62. The van der Waals surface area contributed by atoms with Crippen LogP contribution >= 0.6 is 15.9 Å². The number of carbonyl (C=O) groups excluding carboxylic acids is 2. The van der Waals surface area contributed by atoms with Crippen molar-refractivity contribution in [2.45, 2.75) is 6.42 Å². The Labute approximate surface area is 120 Å². The van der Waals surface area contributed by atoms with E-state index in [1.54, 1.807) is 11.0 Å². The van der Waals surface area contributed by atoms with Gasteiger partial charge in [0.05, 0.1) is 6.54 Å². The second kappa shape index (κ2) is 6.52. The zero-order valence-electron chi connectivity index (χ0n) is 10.4. The van der Waals surface area contributed by atoms with Crippen molar-refractivity contribution in [2.75, 3.05) is 19.6 Å². The highest BCUT2D eigenvalue weighted by molar-refractivity contribution is 9.10. The Morgan fingerprint density at radius 3 is 2.79 bits per heavy atom. The predicted molar refractivity (Wildman–Crippen MR) is 77.4 cm³/mol. The van der Waals surface area contributed by atoms with Gasteiger partial charge in [0.25, 0.3) is 0 Å². The maximum atomic E-state index is 12.0. The summed E-state index contributed by atoms with van der Waals surface area (Å²) in [6.45, 7) is 1.39. The molecule has 0 bridgehead atoms. The summed E-state index contributed by atoms with van der Waals surface area (Å²) in [5.41, 5.74) is 0.954. The van der Waals surface area contributed by atoms with Crippen LogP contribution in [0.2, 0.25) is 0 Å². The highest BCUT2D eigenvalue weighted by atomic mass is 79.9. The minimum absolute atomic E-state index is 0.0945. The molecule has 1 aromatic carbocycles. The number of nitrogens with one attached hydrogen (secondary N) is 1. The van der Waals surface area contributed by atoms with Crippen LogP contribution in [0.5, 0.6) is 0 Å². The van der Waals surface area contributed by atoms with E-state index in [2.05, 4.69) is 21.2 Å². The van der Waals surface area contributed by atoms with Crippen LogP contribution < -0.4 is 5.32 Å². The molecule has 1 saturated heterocycles. The molecule has 1 fully saturated rings. The van der Waals surface area contributed by atoms with E-state index >= 15 is 0 Å². The Hall–Kier alpha value is -1.62. The van der Waals surface area contributed by atoms with E-state index < -0.39 is 0 Å². The van der Waals surface area contributed by atoms with Crippen molar-refractivity contribution in [1.82, 2.24) is 10.2 Å². The van der Waals surface area contributed by atoms with Crippen molar-refractivity contribution < 1.29 is 9.59 Å². The van der Waals surface area contributed by atoms with Crippen molar-refractivity contribution in [3.05, 3.63) is 40.4 Å². The number of hydrogen-bond acceptors (Lipinski definition) is 2. The van der Waals surface area contributed by atoms with E-state index in [4.69, 9.17) is 0 Å². The molecule has 1 aliphatic rings. The predicted octanol–water partition coefficient (Wildman–Crippen LogP) is 1.81. The number of nitrogens with zero attached hydrogens (tertiary/aromatic N) is 1. The minimum atomic E-state index is -0.125. The molecule has 5 heteroatoms. The van der Waals surface area contributed by atoms with Crippen LogP contribution in [0.1, 0.15) is 12.0 Å². The third-order valence-corrected chi connectivity index (χ3v) is 3.39. The second-order valence-corrected chi connectivity index (χ2v) is 5.26. The fraction of sp³-hybridized carbons (Fsp3) is 0.286. The molecule has 0 unspecified atom stereocenters. The number of rotatable bonds is 2. The third kappa shape index (κ3) is 4.21. The largest absolute Gasteiger partial charge is 0.354 e. The number of carbonyl (C=O) groups is 2. The number of amides is 2. The van der Waals surface area contributed by atoms with Crippen LogP contribution in [0.15, 0.2) is 34.8 Å². The molecule has 0 saturated carbocycles. The normalized spacial score (nSPS) is 16.3. The van der Waals surface area contributed by atoms with Crippen molar-refractivity contribution in [1.29, 1.82) is 0 Å². The van der Waals surface area contributed by atoms with Crippen LogP contribution in [0.3, 0.4) is 0 Å². The first kappa shape index (κ1) is 13.8. The highest BCUT2D eigenvalue weighted by Crippen LogP contribution is 2.11. The Balaban J connectivity index is 1.99. The van der Waals surface area contributed by atoms with Gasteiger partial charge in [0, 0.05) is 23.6 Å². The lowest BCUT2D eigenvalue weighted by atomic mass is 10.2. The molecule has 0 radical (unpaired) electrons. The molecule has 1 heterocycles. The Morgan fingerprint density at radius 1 is 1.32 bits per heavy atom. The van der Waals surface area contributed by atoms with Crippen LogP contribution in [0.4, 0.5) is 0 Å². The average molecular weight is 323 g/mol. The van der Waals surface area contributed by atoms with E-state index in [1.165, 1.54) is 6.08 Å². The Morgan fingerprint density at radius 2 is 2.05 bits per heavy atom. The molecule has 1 aromatic rings. The fourth-order valence-electron chi connectivity index (χ4n) is 1.84. The Kier molecular flexibility index (Phi) is 4.74. The van der Waals surface area contributed by atoms with Gasteiger partial charge in [0.1, 0.15) is 0 Å². The number of halogens is 1. The van der Waals surface area contributed by atoms with Crippen molar-refractivity contribution >= 4 is 33.8 Å². The van der Waals surface area contributed by atoms with Gasteiger partial charge in [0.15, 0.2) is 0 Å². The van der Waals surface area contributed by atoms with Crippen LogP contribution in [0, 0.1) is 0 Å². The molecular formula is C14H15BrN2O2. The fourth-order valence-corrected chi connectivity index (χ4v) is 2.11. The molecule has 0 aliphatic carbocycles. The van der Waals surface area contributed by atoms with Crippen LogP contribution in [-0.4, -0.2) is 36.3 Å². The van der Waals surface area contributed by atoms with Crippen LogP contribution in [-0.2, 0) is 9.59 Å². The maximum absolute atomic E-state index is 12.0. The van der Waals surface area contributed by atoms with Crippen LogP contribution in [0.25, 0.3) is 6.08 Å². The van der Waals surface area contributed by atoms with Gasteiger partial charge in [-0.3, -0.25) is 9.59 Å². The molecule has 100 valence electrons. The van der Waals surface area contributed by atoms with E-state index in [0.29, 0.717) is 13.1 Å². The smallest absolute Gasteiger partial charge is 0.247 e. The zero-order chi connectivity index (χ0) is 13.7. The molecular weight excluding hydrogens is 308 g/mol.